The van der Waals surface area contributed by atoms with Gasteiger partial charge in [-0.1, -0.05) is 18.2 Å². The second kappa shape index (κ2) is 8.80. The summed E-state index contributed by atoms with van der Waals surface area (Å²) in [5.41, 5.74) is 3.63. The van der Waals surface area contributed by atoms with Gasteiger partial charge in [0.25, 0.3) is 0 Å². The third-order valence-corrected chi connectivity index (χ3v) is 6.22. The van der Waals surface area contributed by atoms with E-state index in [1.807, 2.05) is 41.8 Å². The molecule has 2 aromatic rings. The lowest BCUT2D eigenvalue weighted by Gasteiger charge is -2.34. The van der Waals surface area contributed by atoms with Crippen molar-refractivity contribution in [3.63, 3.8) is 0 Å². The van der Waals surface area contributed by atoms with Crippen LogP contribution >= 0.6 is 11.3 Å². The van der Waals surface area contributed by atoms with Gasteiger partial charge in [0.2, 0.25) is 5.91 Å². The number of nitrogens with zero attached hydrogens (tertiary/aromatic N) is 1. The van der Waals surface area contributed by atoms with Crippen molar-refractivity contribution >= 4 is 34.4 Å². The molecule has 152 valence electrons. The van der Waals surface area contributed by atoms with Crippen molar-refractivity contribution in [2.24, 2.45) is 0 Å². The molecule has 0 spiro atoms. The van der Waals surface area contributed by atoms with Crippen LogP contribution in [0.15, 0.2) is 53.0 Å². The monoisotopic (exact) mass is 411 g/mol. The van der Waals surface area contributed by atoms with E-state index < -0.39 is 0 Å². The second-order valence-corrected chi connectivity index (χ2v) is 8.18. The standard InChI is InChI=1S/C22H25N3O3S/c1-28-12-11-23-20(27)14-25-17-8-3-2-6-15(17)24-16-7-4-9-18(26)21(16)22(25)19-10-5-13-29-19/h2-3,5-6,8,10,13,22,24H,4,7,9,11-12,14H2,1H3,(H,23,27)/t22-/m1/s1. The highest BCUT2D eigenvalue weighted by atomic mass is 32.1. The maximum atomic E-state index is 13.0. The molecule has 1 aliphatic carbocycles. The number of ether oxygens (including phenoxy) is 1. The number of anilines is 2. The molecule has 2 aliphatic rings. The van der Waals surface area contributed by atoms with Gasteiger partial charge in [-0.15, -0.1) is 11.3 Å². The number of ketones is 1. The van der Waals surface area contributed by atoms with Gasteiger partial charge in [-0.3, -0.25) is 9.59 Å². The lowest BCUT2D eigenvalue weighted by Crippen LogP contribution is -2.41. The Balaban J connectivity index is 1.79. The zero-order valence-corrected chi connectivity index (χ0v) is 17.3. The summed E-state index contributed by atoms with van der Waals surface area (Å²) in [5, 5.41) is 8.43. The average molecular weight is 412 g/mol. The molecule has 0 saturated carbocycles. The molecule has 0 saturated heterocycles. The molecule has 1 aliphatic heterocycles. The third kappa shape index (κ3) is 4.06. The Labute approximate surface area is 174 Å². The van der Waals surface area contributed by atoms with E-state index in [-0.39, 0.29) is 24.3 Å². The van der Waals surface area contributed by atoms with Gasteiger partial charge in [0.1, 0.15) is 0 Å². The van der Waals surface area contributed by atoms with Crippen molar-refractivity contribution in [1.29, 1.82) is 0 Å². The fourth-order valence-electron chi connectivity index (χ4n) is 4.02. The Bertz CT molecular complexity index is 923. The number of carbonyl (C=O) groups is 2. The molecule has 0 bridgehead atoms. The summed E-state index contributed by atoms with van der Waals surface area (Å²) in [4.78, 5) is 28.9. The first kappa shape index (κ1) is 19.7. The fourth-order valence-corrected chi connectivity index (χ4v) is 4.87. The van der Waals surface area contributed by atoms with Crippen molar-refractivity contribution in [1.82, 2.24) is 5.32 Å². The molecule has 1 aromatic carbocycles. The van der Waals surface area contributed by atoms with Crippen LogP contribution in [-0.4, -0.2) is 38.5 Å². The van der Waals surface area contributed by atoms with E-state index in [0.717, 1.165) is 40.4 Å². The number of thiophene rings is 1. The number of hydrogen-bond donors (Lipinski definition) is 2. The molecule has 0 fully saturated rings. The number of fused-ring (bicyclic) bond motifs is 1. The molecular weight excluding hydrogens is 386 g/mol. The Morgan fingerprint density at radius 3 is 2.93 bits per heavy atom. The number of carbonyl (C=O) groups excluding carboxylic acids is 2. The summed E-state index contributed by atoms with van der Waals surface area (Å²) in [6.07, 6.45) is 2.24. The van der Waals surface area contributed by atoms with Gasteiger partial charge in [-0.05, 0) is 36.4 Å². The van der Waals surface area contributed by atoms with Crippen molar-refractivity contribution in [2.75, 3.05) is 37.0 Å². The van der Waals surface area contributed by atoms with Gasteiger partial charge in [0.05, 0.1) is 30.6 Å². The number of benzene rings is 1. The smallest absolute Gasteiger partial charge is 0.239 e. The Morgan fingerprint density at radius 2 is 2.14 bits per heavy atom. The lowest BCUT2D eigenvalue weighted by atomic mass is 9.88. The van der Waals surface area contributed by atoms with Crippen LogP contribution in [-0.2, 0) is 14.3 Å². The van der Waals surface area contributed by atoms with Crippen molar-refractivity contribution in [3.8, 4) is 0 Å². The van der Waals surface area contributed by atoms with Crippen LogP contribution in [0, 0.1) is 0 Å². The molecule has 2 N–H and O–H groups in total. The number of para-hydroxylation sites is 2. The Hall–Kier alpha value is -2.64. The third-order valence-electron chi connectivity index (χ3n) is 5.30. The molecule has 0 unspecified atom stereocenters. The minimum absolute atomic E-state index is 0.0919. The molecule has 29 heavy (non-hydrogen) atoms. The molecule has 2 heterocycles. The maximum Gasteiger partial charge on any atom is 0.239 e. The van der Waals surface area contributed by atoms with E-state index in [2.05, 4.69) is 15.5 Å². The van der Waals surface area contributed by atoms with Crippen LogP contribution in [0.3, 0.4) is 0 Å². The molecule has 4 rings (SSSR count). The number of nitrogens with one attached hydrogen (secondary N) is 2. The van der Waals surface area contributed by atoms with E-state index in [9.17, 15) is 9.59 Å². The van der Waals surface area contributed by atoms with Crippen LogP contribution in [0.25, 0.3) is 0 Å². The van der Waals surface area contributed by atoms with E-state index in [4.69, 9.17) is 4.74 Å². The van der Waals surface area contributed by atoms with Gasteiger partial charge in [0.15, 0.2) is 5.78 Å². The lowest BCUT2D eigenvalue weighted by molar-refractivity contribution is -0.120. The number of hydrogen-bond acceptors (Lipinski definition) is 6. The van der Waals surface area contributed by atoms with Gasteiger partial charge in [0, 0.05) is 36.2 Å². The summed E-state index contributed by atoms with van der Waals surface area (Å²) >= 11 is 1.62. The highest BCUT2D eigenvalue weighted by Gasteiger charge is 2.37. The quantitative estimate of drug-likeness (QED) is 0.712. The number of rotatable bonds is 6. The summed E-state index contributed by atoms with van der Waals surface area (Å²) in [7, 11) is 1.61. The first-order valence-electron chi connectivity index (χ1n) is 9.87. The van der Waals surface area contributed by atoms with E-state index >= 15 is 0 Å². The summed E-state index contributed by atoms with van der Waals surface area (Å²) in [6.45, 7) is 1.08. The SMILES string of the molecule is COCCNC(=O)CN1c2ccccc2NC2=C(C(=O)CCC2)[C@H]1c1cccs1. The number of Topliss-reactive ketones (excluding diaryl/α,β-unsaturated/α-hetero) is 1. The van der Waals surface area contributed by atoms with Crippen molar-refractivity contribution in [2.45, 2.75) is 25.3 Å². The van der Waals surface area contributed by atoms with Crippen molar-refractivity contribution in [3.05, 3.63) is 57.9 Å². The normalized spacial score (nSPS) is 18.6. The highest BCUT2D eigenvalue weighted by Crippen LogP contribution is 2.45. The predicted molar refractivity (Wildman–Crippen MR) is 115 cm³/mol. The molecule has 6 nitrogen and oxygen atoms in total. The number of allylic oxidation sites excluding steroid dienone is 1. The largest absolute Gasteiger partial charge is 0.383 e. The van der Waals surface area contributed by atoms with Crippen LogP contribution in [0.1, 0.15) is 30.2 Å². The van der Waals surface area contributed by atoms with Crippen LogP contribution in [0.4, 0.5) is 11.4 Å². The summed E-state index contributed by atoms with van der Waals surface area (Å²) in [6, 6.07) is 11.7. The number of amides is 1. The first-order valence-corrected chi connectivity index (χ1v) is 10.7. The van der Waals surface area contributed by atoms with Gasteiger partial charge < -0.3 is 20.3 Å². The van der Waals surface area contributed by atoms with Crippen molar-refractivity contribution < 1.29 is 14.3 Å². The molecule has 7 heteroatoms. The topological polar surface area (TPSA) is 70.7 Å². The fraction of sp³-hybridized carbons (Fsp3) is 0.364. The van der Waals surface area contributed by atoms with E-state index in [1.54, 1.807) is 18.4 Å². The van der Waals surface area contributed by atoms with Gasteiger partial charge in [-0.2, -0.15) is 0 Å². The molecule has 1 aromatic heterocycles. The van der Waals surface area contributed by atoms with Gasteiger partial charge in [-0.25, -0.2) is 0 Å². The Kier molecular flexibility index (Phi) is 5.97. The number of methoxy groups -OCH3 is 1. The average Bonchev–Trinajstić information content (AvgIpc) is 3.20. The summed E-state index contributed by atoms with van der Waals surface area (Å²) in [5.74, 6) is 0.0699. The molecule has 1 amide bonds. The van der Waals surface area contributed by atoms with Crippen LogP contribution < -0.4 is 15.5 Å². The predicted octanol–water partition coefficient (Wildman–Crippen LogP) is 3.49. The molecule has 1 atom stereocenters. The molecular formula is C22H25N3O3S. The van der Waals surface area contributed by atoms with Crippen LogP contribution in [0.2, 0.25) is 0 Å². The molecule has 0 radical (unpaired) electrons. The van der Waals surface area contributed by atoms with Gasteiger partial charge >= 0.3 is 0 Å². The van der Waals surface area contributed by atoms with Crippen LogP contribution in [0.5, 0.6) is 0 Å². The highest BCUT2D eigenvalue weighted by molar-refractivity contribution is 7.10. The zero-order valence-electron chi connectivity index (χ0n) is 16.4. The minimum atomic E-state index is -0.276. The summed E-state index contributed by atoms with van der Waals surface area (Å²) < 4.78 is 5.03. The second-order valence-electron chi connectivity index (χ2n) is 7.20. The van der Waals surface area contributed by atoms with E-state index in [1.165, 1.54) is 0 Å². The van der Waals surface area contributed by atoms with E-state index in [0.29, 0.717) is 19.6 Å². The maximum absolute atomic E-state index is 13.0. The zero-order chi connectivity index (χ0) is 20.2. The Morgan fingerprint density at radius 1 is 1.28 bits per heavy atom. The minimum Gasteiger partial charge on any atom is -0.383 e. The first-order chi connectivity index (χ1) is 14.2.